The number of amides is 1. The van der Waals surface area contributed by atoms with Crippen LogP contribution in [0.5, 0.6) is 0 Å². The molecule has 30 heavy (non-hydrogen) atoms. The van der Waals surface area contributed by atoms with Gasteiger partial charge in [0, 0.05) is 12.5 Å². The van der Waals surface area contributed by atoms with E-state index in [1.165, 1.54) is 22.3 Å². The van der Waals surface area contributed by atoms with E-state index in [1.807, 2.05) is 24.3 Å². The van der Waals surface area contributed by atoms with Crippen LogP contribution >= 0.6 is 0 Å². The number of benzene rings is 2. The fourth-order valence-corrected chi connectivity index (χ4v) is 4.86. The van der Waals surface area contributed by atoms with E-state index in [4.69, 9.17) is 4.74 Å². The van der Waals surface area contributed by atoms with Crippen LogP contribution in [-0.4, -0.2) is 41.3 Å². The number of rotatable bonds is 4. The second-order valence-corrected chi connectivity index (χ2v) is 9.17. The van der Waals surface area contributed by atoms with Crippen LogP contribution in [0.15, 0.2) is 48.5 Å². The topological polar surface area (TPSA) is 66.8 Å². The van der Waals surface area contributed by atoms with Gasteiger partial charge in [-0.2, -0.15) is 0 Å². The van der Waals surface area contributed by atoms with Gasteiger partial charge < -0.3 is 14.7 Å². The summed E-state index contributed by atoms with van der Waals surface area (Å²) in [4.78, 5) is 26.6. The fraction of sp³-hybridized carbons (Fsp3) is 0.440. The zero-order chi connectivity index (χ0) is 21.5. The van der Waals surface area contributed by atoms with Crippen molar-refractivity contribution in [2.24, 2.45) is 11.3 Å². The average Bonchev–Trinajstić information content (AvgIpc) is 3.05. The number of carbonyl (C=O) groups excluding carboxylic acids is 1. The molecule has 158 valence electrons. The molecule has 2 atom stereocenters. The zero-order valence-corrected chi connectivity index (χ0v) is 17.8. The molecule has 1 aliphatic carbocycles. The number of carboxylic acid groups (broad SMARTS) is 1. The minimum absolute atomic E-state index is 0.00371. The molecule has 1 N–H and O–H groups in total. The van der Waals surface area contributed by atoms with Crippen LogP contribution in [0.2, 0.25) is 0 Å². The van der Waals surface area contributed by atoms with E-state index in [0.717, 1.165) is 6.42 Å². The highest BCUT2D eigenvalue weighted by molar-refractivity contribution is 5.79. The third kappa shape index (κ3) is 3.47. The summed E-state index contributed by atoms with van der Waals surface area (Å²) in [5.41, 5.74) is 3.68. The van der Waals surface area contributed by atoms with Crippen LogP contribution in [0, 0.1) is 11.3 Å². The quantitative estimate of drug-likeness (QED) is 0.761. The minimum Gasteiger partial charge on any atom is -0.481 e. The van der Waals surface area contributed by atoms with E-state index in [1.54, 1.807) is 18.7 Å². The lowest BCUT2D eigenvalue weighted by Gasteiger charge is -2.44. The minimum atomic E-state index is -1.03. The lowest BCUT2D eigenvalue weighted by molar-refractivity contribution is -0.151. The molecule has 5 nitrogen and oxygen atoms in total. The number of piperidine rings is 1. The van der Waals surface area contributed by atoms with E-state index in [0.29, 0.717) is 18.9 Å². The molecule has 5 heteroatoms. The number of carboxylic acids is 1. The van der Waals surface area contributed by atoms with Crippen LogP contribution in [0.1, 0.15) is 50.7 Å². The molecule has 0 saturated carbocycles. The first-order valence-corrected chi connectivity index (χ1v) is 10.7. The molecule has 1 fully saturated rings. The highest BCUT2D eigenvalue weighted by Gasteiger charge is 2.45. The van der Waals surface area contributed by atoms with Crippen molar-refractivity contribution in [3.05, 3.63) is 59.7 Å². The Bertz CT molecular complexity index is 922. The van der Waals surface area contributed by atoms with E-state index in [9.17, 15) is 14.7 Å². The standard InChI is InChI=1S/C25H29NO4/c1-16-12-13-26(22(14-16)25(2,3)23(27)28)24(29)30-15-21-19-10-6-4-8-17(19)18-9-5-7-11-20(18)21/h4-11,16,21-22H,12-15H2,1-3H3,(H,27,28)/t16-,22+/m1/s1. The third-order valence-electron chi connectivity index (χ3n) is 6.82. The van der Waals surface area contributed by atoms with Crippen molar-refractivity contribution in [3.8, 4) is 11.1 Å². The molecule has 1 heterocycles. The Morgan fingerprint density at radius 2 is 1.63 bits per heavy atom. The number of hydrogen-bond acceptors (Lipinski definition) is 3. The van der Waals surface area contributed by atoms with Gasteiger partial charge in [0.1, 0.15) is 6.61 Å². The van der Waals surface area contributed by atoms with Gasteiger partial charge in [-0.3, -0.25) is 4.79 Å². The van der Waals surface area contributed by atoms with Crippen molar-refractivity contribution < 1.29 is 19.4 Å². The van der Waals surface area contributed by atoms with E-state index < -0.39 is 17.5 Å². The molecule has 2 aromatic rings. The van der Waals surface area contributed by atoms with Gasteiger partial charge in [0.2, 0.25) is 0 Å². The average molecular weight is 408 g/mol. The highest BCUT2D eigenvalue weighted by atomic mass is 16.6. The van der Waals surface area contributed by atoms with Gasteiger partial charge in [-0.15, -0.1) is 0 Å². The Labute approximate surface area is 177 Å². The highest BCUT2D eigenvalue weighted by Crippen LogP contribution is 2.44. The largest absolute Gasteiger partial charge is 0.481 e. The van der Waals surface area contributed by atoms with E-state index in [2.05, 4.69) is 31.2 Å². The third-order valence-corrected chi connectivity index (χ3v) is 6.82. The zero-order valence-electron chi connectivity index (χ0n) is 17.8. The Kier molecular flexibility index (Phi) is 5.31. The second kappa shape index (κ2) is 7.78. The van der Waals surface area contributed by atoms with Gasteiger partial charge in [0.05, 0.1) is 11.5 Å². The Morgan fingerprint density at radius 1 is 1.07 bits per heavy atom. The van der Waals surface area contributed by atoms with Crippen molar-refractivity contribution in [2.45, 2.75) is 45.6 Å². The van der Waals surface area contributed by atoms with Crippen molar-refractivity contribution >= 4 is 12.1 Å². The molecule has 0 radical (unpaired) electrons. The molecule has 4 rings (SSSR count). The Morgan fingerprint density at radius 3 is 2.20 bits per heavy atom. The summed E-state index contributed by atoms with van der Waals surface area (Å²) in [6.45, 7) is 6.28. The molecule has 0 aromatic heterocycles. The van der Waals surface area contributed by atoms with Gasteiger partial charge >= 0.3 is 12.1 Å². The molecule has 2 aliphatic rings. The van der Waals surface area contributed by atoms with Crippen LogP contribution < -0.4 is 0 Å². The number of carbonyl (C=O) groups is 2. The number of hydrogen-bond donors (Lipinski definition) is 1. The first-order valence-electron chi connectivity index (χ1n) is 10.7. The van der Waals surface area contributed by atoms with Gasteiger partial charge in [0.25, 0.3) is 0 Å². The number of nitrogens with zero attached hydrogens (tertiary/aromatic N) is 1. The number of fused-ring (bicyclic) bond motifs is 3. The molecule has 1 saturated heterocycles. The SMILES string of the molecule is C[C@@H]1CCN(C(=O)OCC2c3ccccc3-c3ccccc32)[C@H](C(C)(C)C(=O)O)C1. The molecule has 0 unspecified atom stereocenters. The van der Waals surface area contributed by atoms with Gasteiger partial charge in [-0.25, -0.2) is 4.79 Å². The van der Waals surface area contributed by atoms with Gasteiger partial charge in [-0.1, -0.05) is 55.5 Å². The summed E-state index contributed by atoms with van der Waals surface area (Å²) in [7, 11) is 0. The lowest BCUT2D eigenvalue weighted by atomic mass is 9.76. The summed E-state index contributed by atoms with van der Waals surface area (Å²) in [5, 5.41) is 9.72. The number of likely N-dealkylation sites (tertiary alicyclic amines) is 1. The summed E-state index contributed by atoms with van der Waals surface area (Å²) >= 11 is 0. The van der Waals surface area contributed by atoms with Crippen LogP contribution in [0.3, 0.4) is 0 Å². The molecule has 2 aromatic carbocycles. The predicted octanol–water partition coefficient (Wildman–Crippen LogP) is 5.15. The van der Waals surface area contributed by atoms with Gasteiger partial charge in [0.15, 0.2) is 0 Å². The van der Waals surface area contributed by atoms with Crippen molar-refractivity contribution in [1.29, 1.82) is 0 Å². The molecule has 0 bridgehead atoms. The van der Waals surface area contributed by atoms with Crippen LogP contribution in [0.4, 0.5) is 4.79 Å². The maximum absolute atomic E-state index is 13.1. The molecule has 1 aliphatic heterocycles. The molecular formula is C25H29NO4. The van der Waals surface area contributed by atoms with E-state index in [-0.39, 0.29) is 18.6 Å². The summed E-state index contributed by atoms with van der Waals surface area (Å²) in [6.07, 6.45) is 1.11. The first-order chi connectivity index (χ1) is 14.3. The Hall–Kier alpha value is -2.82. The van der Waals surface area contributed by atoms with Gasteiger partial charge in [-0.05, 0) is 54.9 Å². The predicted molar refractivity (Wildman–Crippen MR) is 115 cm³/mol. The second-order valence-electron chi connectivity index (χ2n) is 9.17. The lowest BCUT2D eigenvalue weighted by Crippen LogP contribution is -2.55. The molecule has 0 spiro atoms. The maximum atomic E-state index is 13.1. The summed E-state index contributed by atoms with van der Waals surface area (Å²) in [5.74, 6) is -0.514. The molecule has 1 amide bonds. The summed E-state index contributed by atoms with van der Waals surface area (Å²) < 4.78 is 5.81. The van der Waals surface area contributed by atoms with Crippen molar-refractivity contribution in [3.63, 3.8) is 0 Å². The normalized spacial score (nSPS) is 21.1. The van der Waals surface area contributed by atoms with Crippen LogP contribution in [0.25, 0.3) is 11.1 Å². The first kappa shape index (κ1) is 20.5. The monoisotopic (exact) mass is 407 g/mol. The fourth-order valence-electron chi connectivity index (χ4n) is 4.86. The smallest absolute Gasteiger partial charge is 0.410 e. The van der Waals surface area contributed by atoms with E-state index >= 15 is 0 Å². The van der Waals surface area contributed by atoms with Crippen molar-refractivity contribution in [2.75, 3.05) is 13.2 Å². The maximum Gasteiger partial charge on any atom is 0.410 e. The summed E-state index contributed by atoms with van der Waals surface area (Å²) in [6, 6.07) is 16.1. The Balaban J connectivity index is 1.54. The molecular weight excluding hydrogens is 378 g/mol. The number of ether oxygens (including phenoxy) is 1. The van der Waals surface area contributed by atoms with Crippen LogP contribution in [-0.2, 0) is 9.53 Å². The number of aliphatic carboxylic acids is 1. The van der Waals surface area contributed by atoms with Crippen molar-refractivity contribution in [1.82, 2.24) is 4.90 Å².